The molecule has 0 saturated carbocycles. The Hall–Kier alpha value is -3.62. The maximum atomic E-state index is 12.7. The lowest BCUT2D eigenvalue weighted by atomic mass is 10.1. The van der Waals surface area contributed by atoms with Crippen molar-refractivity contribution in [3.05, 3.63) is 88.9 Å². The number of halogens is 1. The molecule has 0 spiro atoms. The fourth-order valence-corrected chi connectivity index (χ4v) is 4.24. The zero-order valence-corrected chi connectivity index (χ0v) is 20.1. The molecule has 1 heterocycles. The predicted octanol–water partition coefficient (Wildman–Crippen LogP) is 5.41. The van der Waals surface area contributed by atoms with Crippen LogP contribution in [0.1, 0.15) is 15.9 Å². The van der Waals surface area contributed by atoms with Crippen molar-refractivity contribution in [2.24, 2.45) is 0 Å². The number of benzene rings is 3. The van der Waals surface area contributed by atoms with E-state index in [2.05, 4.69) is 15.5 Å². The van der Waals surface area contributed by atoms with Crippen LogP contribution in [0.15, 0.2) is 78.0 Å². The second kappa shape index (κ2) is 10.5. The molecule has 9 heteroatoms. The van der Waals surface area contributed by atoms with Gasteiger partial charge in [-0.05, 0) is 43.3 Å². The first-order chi connectivity index (χ1) is 16.5. The van der Waals surface area contributed by atoms with Crippen LogP contribution in [0, 0.1) is 6.92 Å². The molecule has 0 aliphatic heterocycles. The third kappa shape index (κ3) is 5.30. The first kappa shape index (κ1) is 23.5. The number of hydrogen-bond acceptors (Lipinski definition) is 6. The van der Waals surface area contributed by atoms with Crippen LogP contribution in [0.3, 0.4) is 0 Å². The number of thioether (sulfide) groups is 1. The highest BCUT2D eigenvalue weighted by molar-refractivity contribution is 7.99. The summed E-state index contributed by atoms with van der Waals surface area (Å²) in [5.41, 5.74) is 3.56. The van der Waals surface area contributed by atoms with Crippen LogP contribution in [0.25, 0.3) is 17.1 Å². The van der Waals surface area contributed by atoms with E-state index in [4.69, 9.17) is 16.3 Å². The molecule has 0 aliphatic carbocycles. The zero-order valence-electron chi connectivity index (χ0n) is 18.5. The summed E-state index contributed by atoms with van der Waals surface area (Å²) in [5, 5.41) is 12.4. The molecule has 4 aromatic rings. The van der Waals surface area contributed by atoms with Crippen LogP contribution in [-0.4, -0.2) is 39.5 Å². The molecule has 1 N–H and O–H groups in total. The van der Waals surface area contributed by atoms with Gasteiger partial charge in [0.1, 0.15) is 0 Å². The number of anilines is 1. The Balaban J connectivity index is 1.57. The van der Waals surface area contributed by atoms with Crippen molar-refractivity contribution >= 4 is 40.9 Å². The van der Waals surface area contributed by atoms with E-state index >= 15 is 0 Å². The van der Waals surface area contributed by atoms with Crippen LogP contribution in [0.5, 0.6) is 0 Å². The molecular weight excluding hydrogens is 472 g/mol. The van der Waals surface area contributed by atoms with Crippen molar-refractivity contribution < 1.29 is 14.3 Å². The molecule has 4 rings (SSSR count). The minimum atomic E-state index is -0.513. The molecule has 0 unspecified atom stereocenters. The summed E-state index contributed by atoms with van der Waals surface area (Å²) in [5.74, 6) is -0.0566. The molecule has 3 aromatic carbocycles. The Labute approximate surface area is 206 Å². The lowest BCUT2D eigenvalue weighted by Gasteiger charge is -2.11. The lowest BCUT2D eigenvalue weighted by molar-refractivity contribution is -0.113. The molecule has 0 saturated heterocycles. The summed E-state index contributed by atoms with van der Waals surface area (Å²) in [6, 6.07) is 22.3. The number of nitrogens with one attached hydrogen (secondary N) is 1. The molecule has 1 amide bonds. The number of para-hydroxylation sites is 1. The quantitative estimate of drug-likeness (QED) is 0.274. The van der Waals surface area contributed by atoms with Crippen LogP contribution >= 0.6 is 23.4 Å². The molecule has 172 valence electrons. The second-order valence-electron chi connectivity index (χ2n) is 7.37. The molecule has 0 fully saturated rings. The van der Waals surface area contributed by atoms with Crippen molar-refractivity contribution in [3.8, 4) is 17.1 Å². The molecule has 7 nitrogen and oxygen atoms in total. The van der Waals surface area contributed by atoms with E-state index in [1.807, 2.05) is 66.1 Å². The summed E-state index contributed by atoms with van der Waals surface area (Å²) in [7, 11) is 1.29. The first-order valence-electron chi connectivity index (χ1n) is 10.3. The fourth-order valence-electron chi connectivity index (χ4n) is 3.33. The Kier molecular flexibility index (Phi) is 7.30. The summed E-state index contributed by atoms with van der Waals surface area (Å²) in [4.78, 5) is 24.5. The van der Waals surface area contributed by atoms with Crippen LogP contribution < -0.4 is 5.32 Å². The van der Waals surface area contributed by atoms with Gasteiger partial charge in [0.15, 0.2) is 11.0 Å². The molecule has 0 aliphatic rings. The highest BCUT2D eigenvalue weighted by Crippen LogP contribution is 2.29. The SMILES string of the molecule is COC(=O)c1ccc(Cl)c(NC(=O)CSc2nnc(-c3cccc(C)c3)n2-c2ccccc2)c1. The number of ether oxygens (including phenoxy) is 1. The highest BCUT2D eigenvalue weighted by Gasteiger charge is 2.18. The van der Waals surface area contributed by atoms with Gasteiger partial charge in [-0.3, -0.25) is 9.36 Å². The van der Waals surface area contributed by atoms with Crippen molar-refractivity contribution in [2.45, 2.75) is 12.1 Å². The van der Waals surface area contributed by atoms with Crippen molar-refractivity contribution in [1.82, 2.24) is 14.8 Å². The van der Waals surface area contributed by atoms with Gasteiger partial charge in [0.2, 0.25) is 5.91 Å². The number of amides is 1. The van der Waals surface area contributed by atoms with Crippen LogP contribution in [-0.2, 0) is 9.53 Å². The average Bonchev–Trinajstić information content (AvgIpc) is 3.28. The van der Waals surface area contributed by atoms with Crippen molar-refractivity contribution in [1.29, 1.82) is 0 Å². The van der Waals surface area contributed by atoms with Gasteiger partial charge in [-0.1, -0.05) is 65.3 Å². The maximum Gasteiger partial charge on any atom is 0.337 e. The number of aryl methyl sites for hydroxylation is 1. The van der Waals surface area contributed by atoms with Crippen molar-refractivity contribution in [3.63, 3.8) is 0 Å². The maximum absolute atomic E-state index is 12.7. The fraction of sp³-hybridized carbons (Fsp3) is 0.120. The second-order valence-corrected chi connectivity index (χ2v) is 8.72. The first-order valence-corrected chi connectivity index (χ1v) is 11.7. The van der Waals surface area contributed by atoms with Gasteiger partial charge in [-0.2, -0.15) is 0 Å². The number of hydrogen-bond donors (Lipinski definition) is 1. The Bertz CT molecular complexity index is 1340. The summed E-state index contributed by atoms with van der Waals surface area (Å²) >= 11 is 7.45. The molecule has 1 aromatic heterocycles. The normalized spacial score (nSPS) is 10.7. The molecular formula is C25H21ClN4O3S. The lowest BCUT2D eigenvalue weighted by Crippen LogP contribution is -2.15. The summed E-state index contributed by atoms with van der Waals surface area (Å²) in [6.07, 6.45) is 0. The monoisotopic (exact) mass is 492 g/mol. The number of esters is 1. The minimum absolute atomic E-state index is 0.0670. The van der Waals surface area contributed by atoms with Gasteiger partial charge >= 0.3 is 5.97 Å². The van der Waals surface area contributed by atoms with Crippen LogP contribution in [0.2, 0.25) is 5.02 Å². The van der Waals surface area contributed by atoms with E-state index in [0.717, 1.165) is 16.8 Å². The molecule has 0 atom stereocenters. The number of aromatic nitrogens is 3. The average molecular weight is 493 g/mol. The number of carbonyl (C=O) groups excluding carboxylic acids is 2. The van der Waals surface area contributed by atoms with Gasteiger partial charge in [0.25, 0.3) is 0 Å². The topological polar surface area (TPSA) is 86.1 Å². The van der Waals surface area contributed by atoms with E-state index in [9.17, 15) is 9.59 Å². The summed E-state index contributed by atoms with van der Waals surface area (Å²) < 4.78 is 6.65. The van der Waals surface area contributed by atoms with Crippen LogP contribution in [0.4, 0.5) is 5.69 Å². The Morgan fingerprint density at radius 2 is 1.82 bits per heavy atom. The molecule has 34 heavy (non-hydrogen) atoms. The van der Waals surface area contributed by atoms with Gasteiger partial charge in [0.05, 0.1) is 29.1 Å². The smallest absolute Gasteiger partial charge is 0.337 e. The molecule has 0 radical (unpaired) electrons. The van der Waals surface area contributed by atoms with Gasteiger partial charge in [-0.25, -0.2) is 4.79 Å². The number of carbonyl (C=O) groups is 2. The van der Waals surface area contributed by atoms with E-state index < -0.39 is 5.97 Å². The van der Waals surface area contributed by atoms with E-state index in [1.165, 1.54) is 37.1 Å². The Morgan fingerprint density at radius 3 is 2.56 bits per heavy atom. The zero-order chi connectivity index (χ0) is 24.1. The minimum Gasteiger partial charge on any atom is -0.465 e. The standard InChI is InChI=1S/C25H21ClN4O3S/c1-16-7-6-8-17(13-16)23-28-29-25(30(23)19-9-4-3-5-10-19)34-15-22(31)27-21-14-18(24(32)33-2)11-12-20(21)26/h3-14H,15H2,1-2H3,(H,27,31). The van der Waals surface area contributed by atoms with E-state index in [0.29, 0.717) is 27.3 Å². The number of nitrogens with zero attached hydrogens (tertiary/aromatic N) is 3. The van der Waals surface area contributed by atoms with Crippen molar-refractivity contribution in [2.75, 3.05) is 18.2 Å². The molecule has 0 bridgehead atoms. The predicted molar refractivity (Wildman–Crippen MR) is 134 cm³/mol. The van der Waals surface area contributed by atoms with Gasteiger partial charge in [-0.15, -0.1) is 10.2 Å². The third-order valence-corrected chi connectivity index (χ3v) is 6.18. The number of rotatable bonds is 7. The van der Waals surface area contributed by atoms with E-state index in [-0.39, 0.29) is 11.7 Å². The largest absolute Gasteiger partial charge is 0.465 e. The number of methoxy groups -OCH3 is 1. The summed E-state index contributed by atoms with van der Waals surface area (Å²) in [6.45, 7) is 2.02. The van der Waals surface area contributed by atoms with Gasteiger partial charge in [0, 0.05) is 11.3 Å². The van der Waals surface area contributed by atoms with E-state index in [1.54, 1.807) is 0 Å². The highest BCUT2D eigenvalue weighted by atomic mass is 35.5. The van der Waals surface area contributed by atoms with Gasteiger partial charge < -0.3 is 10.1 Å². The Morgan fingerprint density at radius 1 is 1.03 bits per heavy atom. The third-order valence-electron chi connectivity index (χ3n) is 4.92.